The van der Waals surface area contributed by atoms with Gasteiger partial charge in [-0.25, -0.2) is 9.18 Å². The van der Waals surface area contributed by atoms with E-state index in [2.05, 4.69) is 15.6 Å². The van der Waals surface area contributed by atoms with E-state index >= 15 is 0 Å². The molecular formula is C14H13ClFN3O. The molecule has 2 aromatic rings. The largest absolute Gasteiger partial charge is 0.337 e. The van der Waals surface area contributed by atoms with E-state index in [0.717, 1.165) is 5.69 Å². The molecule has 1 aromatic heterocycles. The number of rotatable bonds is 4. The molecule has 20 heavy (non-hydrogen) atoms. The minimum atomic E-state index is -0.571. The van der Waals surface area contributed by atoms with E-state index in [-0.39, 0.29) is 5.02 Å². The highest BCUT2D eigenvalue weighted by Gasteiger charge is 2.04. The van der Waals surface area contributed by atoms with E-state index in [1.807, 2.05) is 18.2 Å². The van der Waals surface area contributed by atoms with Crippen molar-refractivity contribution in [2.75, 3.05) is 11.9 Å². The zero-order valence-corrected chi connectivity index (χ0v) is 11.3. The Bertz CT molecular complexity index is 592. The predicted molar refractivity (Wildman–Crippen MR) is 76.4 cm³/mol. The zero-order chi connectivity index (χ0) is 14.4. The van der Waals surface area contributed by atoms with Crippen molar-refractivity contribution in [3.05, 3.63) is 59.1 Å². The maximum atomic E-state index is 13.2. The summed E-state index contributed by atoms with van der Waals surface area (Å²) < 4.78 is 13.2. The van der Waals surface area contributed by atoms with Crippen LogP contribution in [-0.2, 0) is 6.42 Å². The van der Waals surface area contributed by atoms with Gasteiger partial charge in [0.15, 0.2) is 0 Å². The summed E-state index contributed by atoms with van der Waals surface area (Å²) >= 11 is 5.56. The number of hydrogen-bond acceptors (Lipinski definition) is 2. The van der Waals surface area contributed by atoms with Gasteiger partial charge < -0.3 is 10.6 Å². The molecule has 2 rings (SSSR count). The number of benzene rings is 1. The van der Waals surface area contributed by atoms with Crippen LogP contribution in [0.5, 0.6) is 0 Å². The number of halogens is 2. The smallest absolute Gasteiger partial charge is 0.319 e. The molecule has 4 nitrogen and oxygen atoms in total. The zero-order valence-electron chi connectivity index (χ0n) is 10.6. The van der Waals surface area contributed by atoms with E-state index in [1.54, 1.807) is 6.20 Å². The van der Waals surface area contributed by atoms with Crippen molar-refractivity contribution in [2.24, 2.45) is 0 Å². The molecule has 0 unspecified atom stereocenters. The minimum absolute atomic E-state index is 0.0195. The van der Waals surface area contributed by atoms with Crippen LogP contribution in [-0.4, -0.2) is 17.6 Å². The first-order valence-electron chi connectivity index (χ1n) is 6.05. The Morgan fingerprint density at radius 1 is 1.30 bits per heavy atom. The monoisotopic (exact) mass is 293 g/mol. The van der Waals surface area contributed by atoms with Gasteiger partial charge in [0, 0.05) is 30.5 Å². The number of carbonyl (C=O) groups is 1. The highest BCUT2D eigenvalue weighted by atomic mass is 35.5. The van der Waals surface area contributed by atoms with Crippen molar-refractivity contribution in [1.82, 2.24) is 10.3 Å². The first-order valence-corrected chi connectivity index (χ1v) is 6.43. The van der Waals surface area contributed by atoms with Crippen LogP contribution in [0.2, 0.25) is 5.02 Å². The lowest BCUT2D eigenvalue weighted by molar-refractivity contribution is 0.252. The summed E-state index contributed by atoms with van der Waals surface area (Å²) in [5.41, 5.74) is 1.24. The van der Waals surface area contributed by atoms with Gasteiger partial charge in [-0.15, -0.1) is 0 Å². The third kappa shape index (κ3) is 4.20. The number of nitrogens with one attached hydrogen (secondary N) is 2. The number of aromatic nitrogens is 1. The fourth-order valence-electron chi connectivity index (χ4n) is 1.60. The lowest BCUT2D eigenvalue weighted by Gasteiger charge is -2.07. The summed E-state index contributed by atoms with van der Waals surface area (Å²) in [6.45, 7) is 0.443. The minimum Gasteiger partial charge on any atom is -0.337 e. The normalized spacial score (nSPS) is 10.1. The molecule has 0 spiro atoms. The van der Waals surface area contributed by atoms with Gasteiger partial charge in [-0.3, -0.25) is 4.98 Å². The highest BCUT2D eigenvalue weighted by molar-refractivity contribution is 6.30. The second-order valence-electron chi connectivity index (χ2n) is 4.08. The molecule has 1 aromatic carbocycles. The van der Waals surface area contributed by atoms with E-state index in [4.69, 9.17) is 11.6 Å². The van der Waals surface area contributed by atoms with Crippen molar-refractivity contribution in [3.63, 3.8) is 0 Å². The Balaban J connectivity index is 1.79. The summed E-state index contributed by atoms with van der Waals surface area (Å²) in [5, 5.41) is 5.21. The third-order valence-electron chi connectivity index (χ3n) is 2.57. The van der Waals surface area contributed by atoms with Gasteiger partial charge in [0.25, 0.3) is 0 Å². The molecule has 0 aliphatic rings. The van der Waals surface area contributed by atoms with E-state index in [1.165, 1.54) is 18.2 Å². The Morgan fingerprint density at radius 3 is 2.85 bits per heavy atom. The van der Waals surface area contributed by atoms with Crippen LogP contribution in [0.15, 0.2) is 42.6 Å². The fourth-order valence-corrected chi connectivity index (χ4v) is 1.72. The standard InChI is InChI=1S/C14H13ClFN3O/c15-12-5-4-11(9-13(12)16)19-14(20)18-8-6-10-3-1-2-7-17-10/h1-5,7,9H,6,8H2,(H2,18,19,20). The van der Waals surface area contributed by atoms with E-state index in [9.17, 15) is 9.18 Å². The van der Waals surface area contributed by atoms with Gasteiger partial charge in [0.2, 0.25) is 0 Å². The molecular weight excluding hydrogens is 281 g/mol. The Labute approximate surface area is 121 Å². The van der Waals surface area contributed by atoms with Crippen LogP contribution in [0.4, 0.5) is 14.9 Å². The van der Waals surface area contributed by atoms with Crippen LogP contribution >= 0.6 is 11.6 Å². The van der Waals surface area contributed by atoms with Crippen molar-refractivity contribution >= 4 is 23.3 Å². The molecule has 0 saturated carbocycles. The average molecular weight is 294 g/mol. The van der Waals surface area contributed by atoms with Gasteiger partial charge in [-0.1, -0.05) is 17.7 Å². The number of amides is 2. The van der Waals surface area contributed by atoms with Gasteiger partial charge in [-0.05, 0) is 30.3 Å². The van der Waals surface area contributed by atoms with Crippen LogP contribution in [0.3, 0.4) is 0 Å². The van der Waals surface area contributed by atoms with Gasteiger partial charge in [-0.2, -0.15) is 0 Å². The first-order chi connectivity index (χ1) is 9.65. The molecule has 0 saturated heterocycles. The van der Waals surface area contributed by atoms with E-state index in [0.29, 0.717) is 18.7 Å². The Morgan fingerprint density at radius 2 is 2.15 bits per heavy atom. The molecule has 0 radical (unpaired) electrons. The third-order valence-corrected chi connectivity index (χ3v) is 2.88. The van der Waals surface area contributed by atoms with Crippen LogP contribution in [0.1, 0.15) is 5.69 Å². The number of carbonyl (C=O) groups excluding carboxylic acids is 1. The molecule has 6 heteroatoms. The lowest BCUT2D eigenvalue weighted by Crippen LogP contribution is -2.30. The maximum Gasteiger partial charge on any atom is 0.319 e. The summed E-state index contributed by atoms with van der Waals surface area (Å²) in [4.78, 5) is 15.7. The molecule has 2 amide bonds. The van der Waals surface area contributed by atoms with Crippen LogP contribution < -0.4 is 10.6 Å². The Hall–Kier alpha value is -2.14. The van der Waals surface area contributed by atoms with Crippen molar-refractivity contribution in [2.45, 2.75) is 6.42 Å². The quantitative estimate of drug-likeness (QED) is 0.909. The van der Waals surface area contributed by atoms with Gasteiger partial charge >= 0.3 is 6.03 Å². The molecule has 0 bridgehead atoms. The number of pyridine rings is 1. The SMILES string of the molecule is O=C(NCCc1ccccn1)Nc1ccc(Cl)c(F)c1. The summed E-state index contributed by atoms with van der Waals surface area (Å²) in [7, 11) is 0. The Kier molecular flexibility index (Phi) is 4.90. The number of anilines is 1. The second kappa shape index (κ2) is 6.86. The van der Waals surface area contributed by atoms with Gasteiger partial charge in [0.05, 0.1) is 5.02 Å². The van der Waals surface area contributed by atoms with Crippen molar-refractivity contribution < 1.29 is 9.18 Å². The van der Waals surface area contributed by atoms with Crippen molar-refractivity contribution in [3.8, 4) is 0 Å². The van der Waals surface area contributed by atoms with Crippen LogP contribution in [0.25, 0.3) is 0 Å². The van der Waals surface area contributed by atoms with Gasteiger partial charge in [0.1, 0.15) is 5.82 Å². The number of nitrogens with zero attached hydrogens (tertiary/aromatic N) is 1. The first kappa shape index (κ1) is 14.3. The maximum absolute atomic E-state index is 13.2. The molecule has 0 atom stereocenters. The molecule has 104 valence electrons. The molecule has 2 N–H and O–H groups in total. The summed E-state index contributed by atoms with van der Waals surface area (Å²) in [6, 6.07) is 9.29. The lowest BCUT2D eigenvalue weighted by atomic mass is 10.3. The second-order valence-corrected chi connectivity index (χ2v) is 4.49. The number of urea groups is 1. The topological polar surface area (TPSA) is 54.0 Å². The van der Waals surface area contributed by atoms with Crippen LogP contribution in [0, 0.1) is 5.82 Å². The predicted octanol–water partition coefficient (Wildman–Crippen LogP) is 3.24. The van der Waals surface area contributed by atoms with E-state index < -0.39 is 11.8 Å². The summed E-state index contributed by atoms with van der Waals surface area (Å²) in [5.74, 6) is -0.571. The highest BCUT2D eigenvalue weighted by Crippen LogP contribution is 2.18. The molecule has 0 fully saturated rings. The molecule has 0 aliphatic carbocycles. The van der Waals surface area contributed by atoms with Crippen molar-refractivity contribution in [1.29, 1.82) is 0 Å². The summed E-state index contributed by atoms with van der Waals surface area (Å²) in [6.07, 6.45) is 2.33. The fraction of sp³-hybridized carbons (Fsp3) is 0.143. The molecule has 0 aliphatic heterocycles. The number of hydrogen-bond donors (Lipinski definition) is 2. The average Bonchev–Trinajstić information content (AvgIpc) is 2.44. The molecule has 1 heterocycles.